The first kappa shape index (κ1) is 25.2. The number of halogens is 4. The van der Waals surface area contributed by atoms with Crippen LogP contribution in [0, 0.1) is 11.7 Å². The number of nitrogens with one attached hydrogen (secondary N) is 1. The van der Waals surface area contributed by atoms with Crippen LogP contribution in [0.15, 0.2) is 35.6 Å². The Bertz CT molecular complexity index is 1160. The van der Waals surface area contributed by atoms with Gasteiger partial charge in [-0.05, 0) is 38.5 Å². The summed E-state index contributed by atoms with van der Waals surface area (Å²) in [4.78, 5) is 24.7. The molecule has 188 valence electrons. The molecule has 1 fully saturated rings. The molecule has 4 atom stereocenters. The van der Waals surface area contributed by atoms with Gasteiger partial charge in [-0.1, -0.05) is 11.8 Å². The molecule has 2 heterocycles. The maximum atomic E-state index is 14.9. The molecule has 0 spiro atoms. The zero-order valence-electron chi connectivity index (χ0n) is 19.0. The highest BCUT2D eigenvalue weighted by Crippen LogP contribution is 2.66. The Labute approximate surface area is 202 Å². The maximum absolute atomic E-state index is 14.9. The number of carbonyl (C=O) groups excluding carboxylic acids is 1. The van der Waals surface area contributed by atoms with Crippen molar-refractivity contribution in [2.75, 3.05) is 19.0 Å². The smallest absolute Gasteiger partial charge is 0.425 e. The number of carbonyl (C=O) groups is 1. The van der Waals surface area contributed by atoms with Crippen molar-refractivity contribution in [1.82, 2.24) is 9.97 Å². The van der Waals surface area contributed by atoms with Crippen LogP contribution in [-0.2, 0) is 10.3 Å². The summed E-state index contributed by atoms with van der Waals surface area (Å²) >= 11 is 1.43. The van der Waals surface area contributed by atoms with Gasteiger partial charge in [-0.25, -0.2) is 14.4 Å². The van der Waals surface area contributed by atoms with E-state index in [1.165, 1.54) is 30.0 Å². The Hall–Kier alpha value is -2.93. The highest BCUT2D eigenvalue weighted by Gasteiger charge is 2.66. The number of amides is 1. The Morgan fingerprint density at radius 2 is 2.09 bits per heavy atom. The Balaban J connectivity index is 1.52. The molecule has 0 bridgehead atoms. The van der Waals surface area contributed by atoms with Gasteiger partial charge in [0.25, 0.3) is 5.91 Å². The van der Waals surface area contributed by atoms with Gasteiger partial charge < -0.3 is 20.5 Å². The second kappa shape index (κ2) is 8.94. The fraction of sp³-hybridized carbons (Fsp3) is 0.455. The first-order chi connectivity index (χ1) is 16.4. The lowest BCUT2D eigenvalue weighted by Gasteiger charge is -2.34. The molecule has 0 saturated heterocycles. The molecule has 1 aliphatic carbocycles. The lowest BCUT2D eigenvalue weighted by Crippen LogP contribution is -2.37. The zero-order chi connectivity index (χ0) is 25.6. The minimum atomic E-state index is -4.57. The van der Waals surface area contributed by atoms with Crippen molar-refractivity contribution < 1.29 is 31.8 Å². The number of ether oxygens (including phenoxy) is 2. The molecule has 3 N–H and O–H groups in total. The molecule has 0 unspecified atom stereocenters. The third-order valence-corrected chi connectivity index (χ3v) is 7.41. The highest BCUT2D eigenvalue weighted by molar-refractivity contribution is 8.15. The van der Waals surface area contributed by atoms with Gasteiger partial charge in [0.1, 0.15) is 11.5 Å². The van der Waals surface area contributed by atoms with Crippen LogP contribution in [0.25, 0.3) is 0 Å². The van der Waals surface area contributed by atoms with Gasteiger partial charge >= 0.3 is 6.18 Å². The number of fused-ring (bicyclic) bond motifs is 1. The molecular formula is C22H23F4N5O3S. The number of thioether (sulfide) groups is 1. The number of nitrogens with zero attached hydrogens (tertiary/aromatic N) is 3. The number of hydrogen-bond donors (Lipinski definition) is 2. The predicted molar refractivity (Wildman–Crippen MR) is 122 cm³/mol. The molecule has 1 amide bonds. The molecule has 1 aromatic carbocycles. The van der Waals surface area contributed by atoms with Gasteiger partial charge in [-0.2, -0.15) is 13.2 Å². The van der Waals surface area contributed by atoms with E-state index in [0.717, 1.165) is 25.7 Å². The van der Waals surface area contributed by atoms with Crippen LogP contribution in [0.2, 0.25) is 0 Å². The normalized spacial score (nSPS) is 26.4. The van der Waals surface area contributed by atoms with Crippen molar-refractivity contribution in [2.24, 2.45) is 16.6 Å². The topological polar surface area (TPSA) is 112 Å². The van der Waals surface area contributed by atoms with E-state index in [2.05, 4.69) is 25.0 Å². The average molecular weight is 514 g/mol. The van der Waals surface area contributed by atoms with Crippen LogP contribution in [0.1, 0.15) is 36.3 Å². The van der Waals surface area contributed by atoms with Gasteiger partial charge in [-0.3, -0.25) is 9.79 Å². The SMILES string of the molecule is COC[C@]12C[C@H]1[C@](C)(c1cc(NC(=O)c3cnc(O[C@H](C)C(F)(F)F)cn3)ccc1F)N=C(N)S2. The van der Waals surface area contributed by atoms with Crippen molar-refractivity contribution in [3.63, 3.8) is 0 Å². The molecule has 0 radical (unpaired) electrons. The van der Waals surface area contributed by atoms with E-state index < -0.39 is 29.5 Å². The largest absolute Gasteiger partial charge is 0.464 e. The summed E-state index contributed by atoms with van der Waals surface area (Å²) in [5, 5.41) is 2.94. The molecule has 13 heteroatoms. The lowest BCUT2D eigenvalue weighted by molar-refractivity contribution is -0.190. The summed E-state index contributed by atoms with van der Waals surface area (Å²) in [6.45, 7) is 3.09. The van der Waals surface area contributed by atoms with Crippen LogP contribution >= 0.6 is 11.8 Å². The molecule has 1 saturated carbocycles. The van der Waals surface area contributed by atoms with Crippen LogP contribution in [-0.4, -0.2) is 51.8 Å². The Kier molecular flexibility index (Phi) is 6.43. The number of aromatic nitrogens is 2. The fourth-order valence-electron chi connectivity index (χ4n) is 4.26. The van der Waals surface area contributed by atoms with E-state index in [1.54, 1.807) is 14.0 Å². The highest BCUT2D eigenvalue weighted by atomic mass is 32.2. The van der Waals surface area contributed by atoms with Crippen molar-refractivity contribution in [1.29, 1.82) is 0 Å². The first-order valence-electron chi connectivity index (χ1n) is 10.6. The summed E-state index contributed by atoms with van der Waals surface area (Å²) in [6, 6.07) is 4.10. The quantitative estimate of drug-likeness (QED) is 0.541. The number of hydrogen-bond acceptors (Lipinski definition) is 8. The molecule has 2 aliphatic rings. The number of rotatable bonds is 7. The summed E-state index contributed by atoms with van der Waals surface area (Å²) in [7, 11) is 1.60. The Morgan fingerprint density at radius 1 is 1.34 bits per heavy atom. The van der Waals surface area contributed by atoms with E-state index in [0.29, 0.717) is 11.8 Å². The Morgan fingerprint density at radius 3 is 2.71 bits per heavy atom. The minimum absolute atomic E-state index is 0.00907. The molecular weight excluding hydrogens is 490 g/mol. The zero-order valence-corrected chi connectivity index (χ0v) is 19.8. The van der Waals surface area contributed by atoms with Gasteiger partial charge in [0, 0.05) is 24.3 Å². The maximum Gasteiger partial charge on any atom is 0.425 e. The number of anilines is 1. The van der Waals surface area contributed by atoms with Crippen molar-refractivity contribution in [2.45, 2.75) is 42.8 Å². The average Bonchev–Trinajstić information content (AvgIpc) is 3.49. The molecule has 35 heavy (non-hydrogen) atoms. The number of amidine groups is 1. The summed E-state index contributed by atoms with van der Waals surface area (Å²) in [6.07, 6.45) is -3.98. The molecule has 1 aliphatic heterocycles. The lowest BCUT2D eigenvalue weighted by atomic mass is 9.85. The second-order valence-corrected chi connectivity index (χ2v) is 10.1. The van der Waals surface area contributed by atoms with Crippen LogP contribution < -0.4 is 15.8 Å². The fourth-order valence-corrected chi connectivity index (χ4v) is 5.71. The standard InChI is InChI=1S/C22H23F4N5O3S/c1-11(22(24,25)26)34-17-9-28-15(8-29-17)18(32)30-12-4-5-14(23)13(6-12)20(2)16-7-21(16,10-33-3)35-19(27)31-20/h4-6,8-9,11,16H,7,10H2,1-3H3,(H2,27,31)(H,30,32)/t11-,16+,20+,21-/m1/s1. The van der Waals surface area contributed by atoms with E-state index in [1.807, 2.05) is 0 Å². The third-order valence-electron chi connectivity index (χ3n) is 6.13. The number of nitrogens with two attached hydrogens (primary N) is 1. The van der Waals surface area contributed by atoms with E-state index in [4.69, 9.17) is 10.5 Å². The minimum Gasteiger partial charge on any atom is -0.464 e. The van der Waals surface area contributed by atoms with Gasteiger partial charge in [0.15, 0.2) is 11.3 Å². The van der Waals surface area contributed by atoms with Crippen molar-refractivity contribution in [3.05, 3.63) is 47.7 Å². The molecule has 1 aromatic heterocycles. The van der Waals surface area contributed by atoms with Crippen LogP contribution in [0.5, 0.6) is 5.88 Å². The predicted octanol–water partition coefficient (Wildman–Crippen LogP) is 3.88. The van der Waals surface area contributed by atoms with Crippen molar-refractivity contribution >= 4 is 28.5 Å². The number of aliphatic imine (C=N–C) groups is 1. The van der Waals surface area contributed by atoms with Gasteiger partial charge in [-0.15, -0.1) is 0 Å². The summed E-state index contributed by atoms with van der Waals surface area (Å²) in [5.41, 5.74) is 5.51. The van der Waals surface area contributed by atoms with Crippen molar-refractivity contribution in [3.8, 4) is 5.88 Å². The van der Waals surface area contributed by atoms with Crippen LogP contribution in [0.4, 0.5) is 23.2 Å². The monoisotopic (exact) mass is 513 g/mol. The first-order valence-corrected chi connectivity index (χ1v) is 11.4. The summed E-state index contributed by atoms with van der Waals surface area (Å²) in [5.74, 6) is -1.56. The number of alkyl halides is 3. The van der Waals surface area contributed by atoms with Gasteiger partial charge in [0.05, 0.1) is 29.3 Å². The molecule has 2 aromatic rings. The van der Waals surface area contributed by atoms with Crippen LogP contribution in [0.3, 0.4) is 0 Å². The molecule has 8 nitrogen and oxygen atoms in total. The second-order valence-electron chi connectivity index (χ2n) is 8.64. The van der Waals surface area contributed by atoms with E-state index >= 15 is 0 Å². The molecule has 4 rings (SSSR count). The van der Waals surface area contributed by atoms with E-state index in [-0.39, 0.29) is 33.5 Å². The number of benzene rings is 1. The third kappa shape index (κ3) is 4.92. The van der Waals surface area contributed by atoms with Gasteiger partial charge in [0.2, 0.25) is 5.88 Å². The summed E-state index contributed by atoms with van der Waals surface area (Å²) < 4.78 is 62.6. The number of methoxy groups -OCH3 is 1. The van der Waals surface area contributed by atoms with E-state index in [9.17, 15) is 22.4 Å².